The molecule has 0 saturated heterocycles. The van der Waals surface area contributed by atoms with Crippen molar-refractivity contribution in [2.24, 2.45) is 4.99 Å². The summed E-state index contributed by atoms with van der Waals surface area (Å²) in [5, 5.41) is 0. The van der Waals surface area contributed by atoms with Crippen LogP contribution in [0.3, 0.4) is 0 Å². The van der Waals surface area contributed by atoms with Gasteiger partial charge in [-0.1, -0.05) is 0 Å². The minimum absolute atomic E-state index is 0.753. The fraction of sp³-hybridized carbons (Fsp3) is 0. The highest BCUT2D eigenvalue weighted by molar-refractivity contribution is 9.21. The van der Waals surface area contributed by atoms with Gasteiger partial charge in [-0.25, -0.2) is 4.99 Å². The van der Waals surface area contributed by atoms with Crippen LogP contribution >= 0.6 is 63.7 Å². The highest BCUT2D eigenvalue weighted by atomic mass is 79.9. The Morgan fingerprint density at radius 1 is 1.20 bits per heavy atom. The molecule has 0 bridgehead atoms. The van der Waals surface area contributed by atoms with Crippen LogP contribution < -0.4 is 0 Å². The molecular weight excluding hydrogens is 520 g/mol. The van der Waals surface area contributed by atoms with Crippen LogP contribution in [-0.4, -0.2) is 9.60 Å². The van der Waals surface area contributed by atoms with E-state index in [4.69, 9.17) is 4.42 Å². The van der Waals surface area contributed by atoms with Crippen molar-refractivity contribution in [2.45, 2.75) is 0 Å². The van der Waals surface area contributed by atoms with Crippen molar-refractivity contribution in [1.29, 1.82) is 0 Å². The van der Waals surface area contributed by atoms with Gasteiger partial charge in [0, 0.05) is 0 Å². The quantitative estimate of drug-likeness (QED) is 0.515. The van der Waals surface area contributed by atoms with E-state index in [1.54, 1.807) is 6.26 Å². The van der Waals surface area contributed by atoms with E-state index >= 15 is 0 Å². The van der Waals surface area contributed by atoms with Crippen molar-refractivity contribution in [3.05, 3.63) is 61.2 Å². The number of nitrogens with one attached hydrogen (secondary N) is 1. The zero-order valence-electron chi connectivity index (χ0n) is 9.75. The molecule has 0 atom stereocenters. The Morgan fingerprint density at radius 3 is 2.50 bits per heavy atom. The molecule has 3 nitrogen and oxygen atoms in total. The van der Waals surface area contributed by atoms with Gasteiger partial charge in [-0.15, -0.1) is 0 Å². The largest absolute Gasteiger partial charge is 0.464 e. The van der Waals surface area contributed by atoms with E-state index in [-0.39, 0.29) is 0 Å². The molecule has 20 heavy (non-hydrogen) atoms. The SMILES string of the molecule is BrC1=C/C(=C(/c2cc(Br)c(Br)[nH]2)c2ccco2)N=C1Br. The molecule has 0 saturated carbocycles. The molecule has 2 aromatic rings. The molecule has 3 heterocycles. The van der Waals surface area contributed by atoms with Crippen molar-refractivity contribution in [3.8, 4) is 0 Å². The third-order valence-corrected chi connectivity index (χ3v) is 6.22. The highest BCUT2D eigenvalue weighted by Gasteiger charge is 2.20. The van der Waals surface area contributed by atoms with Crippen LogP contribution in [-0.2, 0) is 0 Å². The number of aromatic amines is 1. The van der Waals surface area contributed by atoms with Crippen molar-refractivity contribution < 1.29 is 4.42 Å². The Kier molecular flexibility index (Phi) is 4.21. The third-order valence-electron chi connectivity index (χ3n) is 2.70. The number of rotatable bonds is 2. The van der Waals surface area contributed by atoms with E-state index < -0.39 is 0 Å². The summed E-state index contributed by atoms with van der Waals surface area (Å²) in [7, 11) is 0. The van der Waals surface area contributed by atoms with Crippen LogP contribution in [0.15, 0.2) is 59.2 Å². The van der Waals surface area contributed by atoms with Crippen LogP contribution in [0.25, 0.3) is 5.57 Å². The molecule has 0 unspecified atom stereocenters. The molecule has 0 spiro atoms. The van der Waals surface area contributed by atoms with E-state index in [0.717, 1.165) is 40.9 Å². The number of furan rings is 1. The minimum atomic E-state index is 0.753. The van der Waals surface area contributed by atoms with Crippen LogP contribution in [0.1, 0.15) is 11.5 Å². The number of allylic oxidation sites excluding steroid dienone is 2. The van der Waals surface area contributed by atoms with Gasteiger partial charge in [0.15, 0.2) is 0 Å². The predicted molar refractivity (Wildman–Crippen MR) is 94.3 cm³/mol. The van der Waals surface area contributed by atoms with E-state index in [1.165, 1.54) is 0 Å². The lowest BCUT2D eigenvalue weighted by Gasteiger charge is -2.04. The fourth-order valence-corrected chi connectivity index (χ4v) is 3.12. The van der Waals surface area contributed by atoms with Gasteiger partial charge < -0.3 is 9.40 Å². The lowest BCUT2D eigenvalue weighted by atomic mass is 10.1. The predicted octanol–water partition coefficient (Wildman–Crippen LogP) is 5.98. The van der Waals surface area contributed by atoms with E-state index in [9.17, 15) is 0 Å². The van der Waals surface area contributed by atoms with Crippen molar-refractivity contribution in [2.75, 3.05) is 0 Å². The van der Waals surface area contributed by atoms with Gasteiger partial charge >= 0.3 is 0 Å². The summed E-state index contributed by atoms with van der Waals surface area (Å²) in [6.45, 7) is 0. The summed E-state index contributed by atoms with van der Waals surface area (Å²) in [5.41, 5.74) is 2.63. The van der Waals surface area contributed by atoms with Crippen molar-refractivity contribution >= 4 is 73.9 Å². The normalized spacial score (nSPS) is 17.2. The Morgan fingerprint density at radius 2 is 2.00 bits per heavy atom. The summed E-state index contributed by atoms with van der Waals surface area (Å²) in [6, 6.07) is 5.75. The molecule has 0 radical (unpaired) electrons. The second-order valence-electron chi connectivity index (χ2n) is 3.98. The molecule has 1 N–H and O–H groups in total. The zero-order chi connectivity index (χ0) is 14.3. The van der Waals surface area contributed by atoms with E-state index in [2.05, 4.69) is 73.7 Å². The van der Waals surface area contributed by atoms with Crippen molar-refractivity contribution in [3.63, 3.8) is 0 Å². The first kappa shape index (κ1) is 14.6. The molecule has 1 aliphatic heterocycles. The van der Waals surface area contributed by atoms with Gasteiger partial charge in [-0.05, 0) is 88.0 Å². The van der Waals surface area contributed by atoms with Crippen LogP contribution in [0, 0.1) is 0 Å². The van der Waals surface area contributed by atoms with Crippen LogP contribution in [0.4, 0.5) is 0 Å². The smallest absolute Gasteiger partial charge is 0.138 e. The maximum atomic E-state index is 5.54. The molecular formula is C13H6Br4N2O. The Hall–Kier alpha value is -0.370. The Balaban J connectivity index is 2.24. The Bertz CT molecular complexity index is 714. The number of halogens is 4. The monoisotopic (exact) mass is 522 g/mol. The van der Waals surface area contributed by atoms with Gasteiger partial charge in [-0.3, -0.25) is 0 Å². The van der Waals surface area contributed by atoms with Gasteiger partial charge in [0.1, 0.15) is 10.4 Å². The summed E-state index contributed by atoms with van der Waals surface area (Å²) in [5.74, 6) is 0.753. The number of hydrogen-bond acceptors (Lipinski definition) is 2. The van der Waals surface area contributed by atoms with Gasteiger partial charge in [0.2, 0.25) is 0 Å². The summed E-state index contributed by atoms with van der Waals surface area (Å²) in [6.07, 6.45) is 3.60. The topological polar surface area (TPSA) is 41.3 Å². The number of H-pyrrole nitrogens is 1. The molecule has 0 aromatic carbocycles. The summed E-state index contributed by atoms with van der Waals surface area (Å²) in [4.78, 5) is 7.77. The van der Waals surface area contributed by atoms with E-state index in [0.29, 0.717) is 0 Å². The van der Waals surface area contributed by atoms with Gasteiger partial charge in [0.25, 0.3) is 0 Å². The maximum Gasteiger partial charge on any atom is 0.138 e. The first-order chi connectivity index (χ1) is 9.56. The molecule has 2 aromatic heterocycles. The lowest BCUT2D eigenvalue weighted by molar-refractivity contribution is 0.553. The van der Waals surface area contributed by atoms with Crippen LogP contribution in [0.2, 0.25) is 0 Å². The van der Waals surface area contributed by atoms with Crippen molar-refractivity contribution in [1.82, 2.24) is 4.98 Å². The summed E-state index contributed by atoms with van der Waals surface area (Å²) >= 11 is 13.8. The molecule has 102 valence electrons. The number of aromatic nitrogens is 1. The highest BCUT2D eigenvalue weighted by Crippen LogP contribution is 2.36. The maximum absolute atomic E-state index is 5.54. The molecule has 0 amide bonds. The second-order valence-corrected chi connectivity index (χ2v) is 7.23. The number of aliphatic imine (C=N–C) groups is 1. The fourth-order valence-electron chi connectivity index (χ4n) is 1.86. The molecule has 0 fully saturated rings. The average molecular weight is 526 g/mol. The Labute approximate surface area is 148 Å². The molecule has 7 heteroatoms. The average Bonchev–Trinajstić information content (AvgIpc) is 3.07. The third kappa shape index (κ3) is 2.68. The van der Waals surface area contributed by atoms with Crippen LogP contribution in [0.5, 0.6) is 0 Å². The number of nitrogens with zero attached hydrogens (tertiary/aromatic N) is 1. The lowest BCUT2D eigenvalue weighted by Crippen LogP contribution is -1.90. The molecule has 3 rings (SSSR count). The van der Waals surface area contributed by atoms with E-state index in [1.807, 2.05) is 24.3 Å². The minimum Gasteiger partial charge on any atom is -0.464 e. The molecule has 1 aliphatic rings. The first-order valence-corrected chi connectivity index (χ1v) is 8.68. The summed E-state index contributed by atoms with van der Waals surface area (Å²) < 4.78 is 9.04. The molecule has 0 aliphatic carbocycles. The first-order valence-electron chi connectivity index (χ1n) is 5.50. The standard InChI is InChI=1S/C13H6Br4N2O/c14-6-4-8(18-12(6)16)11(10-2-1-3-20-10)9-5-7(15)13(17)19-9/h1-5,18H/b11-9+. The second kappa shape index (κ2) is 5.79. The number of hydrogen-bond donors (Lipinski definition) is 1. The van der Waals surface area contributed by atoms with Gasteiger partial charge in [-0.2, -0.15) is 0 Å². The van der Waals surface area contributed by atoms with Gasteiger partial charge in [0.05, 0.1) is 36.8 Å². The zero-order valence-corrected chi connectivity index (χ0v) is 16.1.